The van der Waals surface area contributed by atoms with E-state index in [9.17, 15) is 9.59 Å². The van der Waals surface area contributed by atoms with Crippen molar-refractivity contribution in [3.8, 4) is 0 Å². The first-order valence-electron chi connectivity index (χ1n) is 4.10. The van der Waals surface area contributed by atoms with E-state index >= 15 is 0 Å². The number of alkyl halides is 1. The van der Waals surface area contributed by atoms with E-state index in [-0.39, 0.29) is 11.8 Å². The molecule has 2 amide bonds. The van der Waals surface area contributed by atoms with E-state index in [4.69, 9.17) is 17.3 Å². The summed E-state index contributed by atoms with van der Waals surface area (Å²) in [5, 5.41) is 1.82. The van der Waals surface area contributed by atoms with Gasteiger partial charge in [-0.05, 0) is 12.8 Å². The molecule has 0 heterocycles. The Morgan fingerprint density at radius 3 is 2.00 bits per heavy atom. The number of rotatable bonds is 4. The van der Waals surface area contributed by atoms with Crippen molar-refractivity contribution in [2.45, 2.75) is 32.2 Å². The Morgan fingerprint density at radius 1 is 1.31 bits per heavy atom. The first kappa shape index (κ1) is 12.2. The van der Waals surface area contributed by atoms with Crippen LogP contribution in [0.25, 0.3) is 0 Å². The van der Waals surface area contributed by atoms with Gasteiger partial charge in [0.15, 0.2) is 0 Å². The molecule has 0 aliphatic carbocycles. The molecule has 4 nitrogen and oxygen atoms in total. The van der Waals surface area contributed by atoms with E-state index in [1.54, 1.807) is 13.8 Å². The average Bonchev–Trinajstić information content (AvgIpc) is 1.97. The van der Waals surface area contributed by atoms with Crippen molar-refractivity contribution in [3.63, 3.8) is 0 Å². The second kappa shape index (κ2) is 5.07. The van der Waals surface area contributed by atoms with Crippen LogP contribution in [-0.2, 0) is 9.59 Å². The van der Waals surface area contributed by atoms with Gasteiger partial charge >= 0.3 is 0 Å². The lowest BCUT2D eigenvalue weighted by Crippen LogP contribution is -2.49. The van der Waals surface area contributed by atoms with Crippen molar-refractivity contribution in [2.24, 2.45) is 11.7 Å². The van der Waals surface area contributed by atoms with Gasteiger partial charge in [-0.15, -0.1) is 11.6 Å². The molecule has 0 aliphatic rings. The van der Waals surface area contributed by atoms with Crippen molar-refractivity contribution in [3.05, 3.63) is 0 Å². The molecule has 0 bridgehead atoms. The number of carbonyl (C=O) groups is 2. The van der Waals surface area contributed by atoms with Crippen LogP contribution in [0, 0.1) is 5.92 Å². The molecule has 2 atom stereocenters. The van der Waals surface area contributed by atoms with Crippen LogP contribution in [0.5, 0.6) is 0 Å². The normalized spacial score (nSPS) is 15.2. The van der Waals surface area contributed by atoms with Crippen LogP contribution in [0.1, 0.15) is 20.8 Å². The van der Waals surface area contributed by atoms with Gasteiger partial charge in [-0.3, -0.25) is 9.59 Å². The van der Waals surface area contributed by atoms with Gasteiger partial charge in [0.1, 0.15) is 11.4 Å². The van der Waals surface area contributed by atoms with Crippen molar-refractivity contribution in [1.82, 2.24) is 5.32 Å². The summed E-state index contributed by atoms with van der Waals surface area (Å²) in [5.74, 6) is -0.947. The molecule has 0 aromatic heterocycles. The fourth-order valence-electron chi connectivity index (χ4n) is 0.834. The summed E-state index contributed by atoms with van der Waals surface area (Å²) >= 11 is 5.52. The summed E-state index contributed by atoms with van der Waals surface area (Å²) in [6.07, 6.45) is 0. The molecule has 76 valence electrons. The standard InChI is InChI=1S/C8H15ClN2O2/c1-4(2)6(7(10)12)11-8(13)5(3)9/h4-6H,1-3H3,(H2,10,12)(H,11,13). The Balaban J connectivity index is 4.27. The number of primary amides is 1. The zero-order valence-electron chi connectivity index (χ0n) is 8.00. The minimum absolute atomic E-state index is 0.0307. The Bertz CT molecular complexity index is 204. The molecule has 13 heavy (non-hydrogen) atoms. The van der Waals surface area contributed by atoms with Crippen LogP contribution < -0.4 is 11.1 Å². The van der Waals surface area contributed by atoms with Crippen LogP contribution in [0.2, 0.25) is 0 Å². The number of nitrogens with one attached hydrogen (secondary N) is 1. The highest BCUT2D eigenvalue weighted by Gasteiger charge is 2.23. The van der Waals surface area contributed by atoms with Gasteiger partial charge in [0, 0.05) is 0 Å². The summed E-state index contributed by atoms with van der Waals surface area (Å²) in [6.45, 7) is 5.14. The van der Waals surface area contributed by atoms with Gasteiger partial charge in [0.25, 0.3) is 0 Å². The molecule has 0 saturated heterocycles. The second-order valence-electron chi connectivity index (χ2n) is 3.25. The topological polar surface area (TPSA) is 72.2 Å². The molecule has 0 aromatic rings. The third-order valence-corrected chi connectivity index (χ3v) is 1.83. The minimum atomic E-state index is -0.652. The third kappa shape index (κ3) is 4.12. The zero-order chi connectivity index (χ0) is 10.6. The highest BCUT2D eigenvalue weighted by molar-refractivity contribution is 6.30. The van der Waals surface area contributed by atoms with Crippen molar-refractivity contribution in [1.29, 1.82) is 0 Å². The van der Waals surface area contributed by atoms with E-state index in [2.05, 4.69) is 5.32 Å². The number of amides is 2. The lowest BCUT2D eigenvalue weighted by atomic mass is 10.0. The first-order valence-corrected chi connectivity index (χ1v) is 4.53. The zero-order valence-corrected chi connectivity index (χ0v) is 8.76. The van der Waals surface area contributed by atoms with Crippen molar-refractivity contribution < 1.29 is 9.59 Å². The quantitative estimate of drug-likeness (QED) is 0.647. The van der Waals surface area contributed by atoms with Crippen LogP contribution in [-0.4, -0.2) is 23.2 Å². The molecule has 5 heteroatoms. The molecule has 0 saturated carbocycles. The summed E-state index contributed by atoms with van der Waals surface area (Å²) in [4.78, 5) is 22.0. The van der Waals surface area contributed by atoms with Gasteiger partial charge in [0.05, 0.1) is 0 Å². The molecule has 0 rings (SSSR count). The third-order valence-electron chi connectivity index (χ3n) is 1.63. The molecule has 0 aliphatic heterocycles. The Kier molecular flexibility index (Phi) is 4.77. The monoisotopic (exact) mass is 206 g/mol. The molecule has 0 aromatic carbocycles. The predicted molar refractivity (Wildman–Crippen MR) is 51.3 cm³/mol. The maximum absolute atomic E-state index is 11.1. The van der Waals surface area contributed by atoms with E-state index in [1.165, 1.54) is 6.92 Å². The summed E-state index contributed by atoms with van der Waals surface area (Å²) < 4.78 is 0. The van der Waals surface area contributed by atoms with Gasteiger partial charge in [-0.1, -0.05) is 13.8 Å². The van der Waals surface area contributed by atoms with Crippen molar-refractivity contribution in [2.75, 3.05) is 0 Å². The Hall–Kier alpha value is -0.770. The van der Waals surface area contributed by atoms with E-state index in [0.717, 1.165) is 0 Å². The number of halogens is 1. The van der Waals surface area contributed by atoms with Gasteiger partial charge in [-0.2, -0.15) is 0 Å². The number of nitrogens with two attached hydrogens (primary N) is 1. The average molecular weight is 207 g/mol. The molecule has 0 fully saturated rings. The Morgan fingerprint density at radius 2 is 1.77 bits per heavy atom. The van der Waals surface area contributed by atoms with Crippen molar-refractivity contribution >= 4 is 23.4 Å². The first-order chi connectivity index (χ1) is 5.86. The van der Waals surface area contributed by atoms with Crippen LogP contribution >= 0.6 is 11.6 Å². The summed E-state index contributed by atoms with van der Waals surface area (Å²) in [6, 6.07) is -0.645. The summed E-state index contributed by atoms with van der Waals surface area (Å²) in [5.41, 5.74) is 5.09. The van der Waals surface area contributed by atoms with E-state index < -0.39 is 17.3 Å². The molecular weight excluding hydrogens is 192 g/mol. The number of hydrogen-bond acceptors (Lipinski definition) is 2. The number of carbonyl (C=O) groups excluding carboxylic acids is 2. The maximum atomic E-state index is 11.1. The van der Waals surface area contributed by atoms with Gasteiger partial charge < -0.3 is 11.1 Å². The highest BCUT2D eigenvalue weighted by atomic mass is 35.5. The largest absolute Gasteiger partial charge is 0.368 e. The van der Waals surface area contributed by atoms with Crippen LogP contribution in [0.15, 0.2) is 0 Å². The van der Waals surface area contributed by atoms with Gasteiger partial charge in [-0.25, -0.2) is 0 Å². The molecule has 3 N–H and O–H groups in total. The smallest absolute Gasteiger partial charge is 0.240 e. The van der Waals surface area contributed by atoms with Crippen LogP contribution in [0.4, 0.5) is 0 Å². The van der Waals surface area contributed by atoms with Gasteiger partial charge in [0.2, 0.25) is 11.8 Å². The number of hydrogen-bond donors (Lipinski definition) is 2. The lowest BCUT2D eigenvalue weighted by molar-refractivity contribution is -0.127. The highest BCUT2D eigenvalue weighted by Crippen LogP contribution is 2.02. The fourth-order valence-corrected chi connectivity index (χ4v) is 0.897. The lowest BCUT2D eigenvalue weighted by Gasteiger charge is -2.19. The molecule has 0 spiro atoms. The van der Waals surface area contributed by atoms with Crippen LogP contribution in [0.3, 0.4) is 0 Å². The summed E-state index contributed by atoms with van der Waals surface area (Å²) in [7, 11) is 0. The fraction of sp³-hybridized carbons (Fsp3) is 0.750. The maximum Gasteiger partial charge on any atom is 0.240 e. The minimum Gasteiger partial charge on any atom is -0.368 e. The molecule has 2 unspecified atom stereocenters. The predicted octanol–water partition coefficient (Wildman–Crippen LogP) is 0.240. The second-order valence-corrected chi connectivity index (χ2v) is 3.90. The SMILES string of the molecule is CC(Cl)C(=O)NC(C(N)=O)C(C)C. The van der Waals surface area contributed by atoms with E-state index in [0.29, 0.717) is 0 Å². The molecular formula is C8H15ClN2O2. The Labute approximate surface area is 82.8 Å². The molecule has 0 radical (unpaired) electrons. The van der Waals surface area contributed by atoms with E-state index in [1.807, 2.05) is 0 Å².